The zero-order valence-corrected chi connectivity index (χ0v) is 10.2. The molecule has 0 N–H and O–H groups in total. The standard InChI is InChI=1S/C16H14O2/c1-11-7-8-13-14(17)10-15(18-16(13)9-11)12-5-3-2-4-6-12/h2-9,15H,10H2,1H3. The first-order valence-electron chi connectivity index (χ1n) is 6.09. The van der Waals surface area contributed by atoms with E-state index in [1.807, 2.05) is 55.5 Å². The van der Waals surface area contributed by atoms with Crippen LogP contribution in [-0.2, 0) is 0 Å². The number of hydrogen-bond donors (Lipinski definition) is 0. The maximum atomic E-state index is 12.1. The van der Waals surface area contributed by atoms with Crippen molar-refractivity contribution in [2.24, 2.45) is 0 Å². The molecule has 2 nitrogen and oxygen atoms in total. The molecule has 0 spiro atoms. The second-order valence-electron chi connectivity index (χ2n) is 4.64. The van der Waals surface area contributed by atoms with Crippen LogP contribution >= 0.6 is 0 Å². The smallest absolute Gasteiger partial charge is 0.170 e. The van der Waals surface area contributed by atoms with Gasteiger partial charge in [-0.05, 0) is 30.2 Å². The van der Waals surface area contributed by atoms with E-state index in [1.165, 1.54) is 0 Å². The lowest BCUT2D eigenvalue weighted by atomic mass is 9.95. The molecule has 0 amide bonds. The van der Waals surface area contributed by atoms with Crippen LogP contribution < -0.4 is 4.74 Å². The van der Waals surface area contributed by atoms with Gasteiger partial charge in [-0.1, -0.05) is 36.4 Å². The van der Waals surface area contributed by atoms with Crippen molar-refractivity contribution >= 4 is 5.78 Å². The van der Waals surface area contributed by atoms with Crippen LogP contribution in [0.2, 0.25) is 0 Å². The van der Waals surface area contributed by atoms with E-state index >= 15 is 0 Å². The average molecular weight is 238 g/mol. The minimum absolute atomic E-state index is 0.158. The van der Waals surface area contributed by atoms with Gasteiger partial charge in [0.25, 0.3) is 0 Å². The normalized spacial score (nSPS) is 18.1. The Hall–Kier alpha value is -2.09. The van der Waals surface area contributed by atoms with Crippen LogP contribution in [0.1, 0.15) is 34.0 Å². The highest BCUT2D eigenvalue weighted by Gasteiger charge is 2.27. The third-order valence-electron chi connectivity index (χ3n) is 3.25. The Morgan fingerprint density at radius 3 is 2.67 bits per heavy atom. The van der Waals surface area contributed by atoms with Crippen molar-refractivity contribution in [1.29, 1.82) is 0 Å². The largest absolute Gasteiger partial charge is 0.484 e. The fourth-order valence-corrected chi connectivity index (χ4v) is 2.28. The molecule has 0 aromatic heterocycles. The van der Waals surface area contributed by atoms with Crippen molar-refractivity contribution in [2.45, 2.75) is 19.4 Å². The van der Waals surface area contributed by atoms with Crippen LogP contribution in [0.15, 0.2) is 48.5 Å². The highest BCUT2D eigenvalue weighted by Crippen LogP contribution is 2.35. The molecule has 1 atom stereocenters. The first-order chi connectivity index (χ1) is 8.74. The van der Waals surface area contributed by atoms with Crippen LogP contribution in [0, 0.1) is 6.92 Å². The number of fused-ring (bicyclic) bond motifs is 1. The molecule has 1 unspecified atom stereocenters. The molecule has 1 aliphatic heterocycles. The number of carbonyl (C=O) groups excluding carboxylic acids is 1. The number of hydrogen-bond acceptors (Lipinski definition) is 2. The Bertz CT molecular complexity index is 587. The zero-order valence-electron chi connectivity index (χ0n) is 10.2. The molecule has 1 heterocycles. The number of ether oxygens (including phenoxy) is 1. The minimum atomic E-state index is -0.159. The summed E-state index contributed by atoms with van der Waals surface area (Å²) < 4.78 is 5.95. The summed E-state index contributed by atoms with van der Waals surface area (Å²) in [6, 6.07) is 15.6. The lowest BCUT2D eigenvalue weighted by Crippen LogP contribution is -2.20. The van der Waals surface area contributed by atoms with Gasteiger partial charge in [-0.2, -0.15) is 0 Å². The van der Waals surface area contributed by atoms with E-state index in [0.717, 1.165) is 11.1 Å². The highest BCUT2D eigenvalue weighted by molar-refractivity contribution is 6.00. The molecule has 1 aliphatic rings. The molecule has 0 bridgehead atoms. The van der Waals surface area contributed by atoms with Gasteiger partial charge in [0.2, 0.25) is 0 Å². The van der Waals surface area contributed by atoms with Gasteiger partial charge in [0.1, 0.15) is 11.9 Å². The van der Waals surface area contributed by atoms with Crippen LogP contribution in [0.5, 0.6) is 5.75 Å². The third kappa shape index (κ3) is 1.90. The first-order valence-corrected chi connectivity index (χ1v) is 6.09. The Morgan fingerprint density at radius 2 is 1.89 bits per heavy atom. The number of aryl methyl sites for hydroxylation is 1. The Balaban J connectivity index is 1.98. The third-order valence-corrected chi connectivity index (χ3v) is 3.25. The van der Waals surface area contributed by atoms with Gasteiger partial charge in [0.15, 0.2) is 5.78 Å². The number of Topliss-reactive ketones (excluding diaryl/α,β-unsaturated/α-hetero) is 1. The molecular weight excluding hydrogens is 224 g/mol. The summed E-state index contributed by atoms with van der Waals surface area (Å²) in [7, 11) is 0. The van der Waals surface area contributed by atoms with Gasteiger partial charge in [0.05, 0.1) is 12.0 Å². The highest BCUT2D eigenvalue weighted by atomic mass is 16.5. The maximum Gasteiger partial charge on any atom is 0.170 e. The molecule has 0 saturated carbocycles. The van der Waals surface area contributed by atoms with Gasteiger partial charge in [0, 0.05) is 0 Å². The maximum absolute atomic E-state index is 12.1. The Labute approximate surface area is 106 Å². The van der Waals surface area contributed by atoms with E-state index in [0.29, 0.717) is 17.7 Å². The fraction of sp³-hybridized carbons (Fsp3) is 0.188. The van der Waals surface area contributed by atoms with Gasteiger partial charge >= 0.3 is 0 Å². The van der Waals surface area contributed by atoms with E-state index in [4.69, 9.17) is 4.74 Å². The summed E-state index contributed by atoms with van der Waals surface area (Å²) in [5, 5.41) is 0. The quantitative estimate of drug-likeness (QED) is 0.757. The van der Waals surface area contributed by atoms with E-state index in [9.17, 15) is 4.79 Å². The van der Waals surface area contributed by atoms with E-state index in [-0.39, 0.29) is 11.9 Å². The number of carbonyl (C=O) groups is 1. The molecule has 0 saturated heterocycles. The predicted molar refractivity (Wildman–Crippen MR) is 69.9 cm³/mol. The molecule has 2 heteroatoms. The summed E-state index contributed by atoms with van der Waals surface area (Å²) in [5.74, 6) is 0.866. The minimum Gasteiger partial charge on any atom is -0.484 e. The molecule has 18 heavy (non-hydrogen) atoms. The predicted octanol–water partition coefficient (Wildman–Crippen LogP) is 3.70. The summed E-state index contributed by atoms with van der Waals surface area (Å²) in [6.07, 6.45) is 0.257. The monoisotopic (exact) mass is 238 g/mol. The first kappa shape index (κ1) is 11.0. The fourth-order valence-electron chi connectivity index (χ4n) is 2.28. The molecular formula is C16H14O2. The molecule has 2 aromatic rings. The molecule has 0 radical (unpaired) electrons. The lowest BCUT2D eigenvalue weighted by molar-refractivity contribution is 0.0850. The number of ketones is 1. The SMILES string of the molecule is Cc1ccc2c(c1)OC(c1ccccc1)CC2=O. The van der Waals surface area contributed by atoms with Gasteiger partial charge in [-0.15, -0.1) is 0 Å². The van der Waals surface area contributed by atoms with Crippen molar-refractivity contribution in [3.05, 3.63) is 65.2 Å². The van der Waals surface area contributed by atoms with E-state index < -0.39 is 0 Å². The zero-order chi connectivity index (χ0) is 12.5. The van der Waals surface area contributed by atoms with Gasteiger partial charge in [-0.3, -0.25) is 4.79 Å². The van der Waals surface area contributed by atoms with Gasteiger partial charge < -0.3 is 4.74 Å². The molecule has 3 rings (SSSR count). The number of benzene rings is 2. The van der Waals surface area contributed by atoms with Crippen LogP contribution in [0.3, 0.4) is 0 Å². The molecule has 0 fully saturated rings. The van der Waals surface area contributed by atoms with Crippen LogP contribution in [0.4, 0.5) is 0 Å². The van der Waals surface area contributed by atoms with E-state index in [2.05, 4.69) is 0 Å². The Kier molecular flexibility index (Phi) is 2.63. The van der Waals surface area contributed by atoms with Crippen molar-refractivity contribution in [3.8, 4) is 5.75 Å². The van der Waals surface area contributed by atoms with Gasteiger partial charge in [-0.25, -0.2) is 0 Å². The van der Waals surface area contributed by atoms with Crippen molar-refractivity contribution < 1.29 is 9.53 Å². The second-order valence-corrected chi connectivity index (χ2v) is 4.64. The molecule has 90 valence electrons. The van der Waals surface area contributed by atoms with Crippen molar-refractivity contribution in [2.75, 3.05) is 0 Å². The summed E-state index contributed by atoms with van der Waals surface area (Å²) in [6.45, 7) is 2.00. The molecule has 2 aromatic carbocycles. The van der Waals surface area contributed by atoms with Crippen molar-refractivity contribution in [1.82, 2.24) is 0 Å². The molecule has 0 aliphatic carbocycles. The summed E-state index contributed by atoms with van der Waals surface area (Å²) in [5.41, 5.74) is 2.86. The van der Waals surface area contributed by atoms with Crippen LogP contribution in [-0.4, -0.2) is 5.78 Å². The lowest BCUT2D eigenvalue weighted by Gasteiger charge is -2.25. The number of rotatable bonds is 1. The summed E-state index contributed by atoms with van der Waals surface area (Å²) >= 11 is 0. The topological polar surface area (TPSA) is 26.3 Å². The second kappa shape index (κ2) is 4.30. The average Bonchev–Trinajstić information content (AvgIpc) is 2.39. The van der Waals surface area contributed by atoms with E-state index in [1.54, 1.807) is 0 Å². The summed E-state index contributed by atoms with van der Waals surface area (Å²) in [4.78, 5) is 12.1. The van der Waals surface area contributed by atoms with Crippen molar-refractivity contribution in [3.63, 3.8) is 0 Å². The Morgan fingerprint density at radius 1 is 1.11 bits per heavy atom. The van der Waals surface area contributed by atoms with Crippen LogP contribution in [0.25, 0.3) is 0 Å².